The average molecular weight is 2220 g/mol. The van der Waals surface area contributed by atoms with Gasteiger partial charge in [0, 0.05) is 115 Å². The minimum atomic E-state index is -0.588. The number of rotatable bonds is 20. The van der Waals surface area contributed by atoms with Crippen LogP contribution >= 0.6 is 102 Å². The summed E-state index contributed by atoms with van der Waals surface area (Å²) in [6.07, 6.45) is 25.7. The van der Waals surface area contributed by atoms with Crippen LogP contribution in [0.15, 0.2) is 94.8 Å². The molecule has 11 aliphatic rings. The Morgan fingerprint density at radius 1 is 0.460 bits per heavy atom. The van der Waals surface area contributed by atoms with Gasteiger partial charge in [-0.05, 0) is 310 Å². The van der Waals surface area contributed by atoms with E-state index in [1.807, 2.05) is 79.1 Å². The van der Waals surface area contributed by atoms with Crippen LogP contribution in [0.25, 0.3) is 32.0 Å². The fourth-order valence-electron chi connectivity index (χ4n) is 23.0. The predicted molar refractivity (Wildman–Crippen MR) is 568 cm³/mol. The minimum Gasteiger partial charge on any atom is -0.465 e. The minimum absolute atomic E-state index is 0.000387. The van der Waals surface area contributed by atoms with Crippen molar-refractivity contribution in [3.05, 3.63) is 148 Å². The number of methoxy groups -OCH3 is 4. The largest absolute Gasteiger partial charge is 0.465 e. The Morgan fingerprint density at radius 3 is 1.27 bits per heavy atom. The van der Waals surface area contributed by atoms with Crippen molar-refractivity contribution in [3.63, 3.8) is 0 Å². The van der Waals surface area contributed by atoms with E-state index in [2.05, 4.69) is 123 Å². The maximum atomic E-state index is 13.5. The molecular formula is C108H139I2N7O17S5. The number of halogens is 2. The van der Waals surface area contributed by atoms with Gasteiger partial charge in [0.15, 0.2) is 0 Å². The molecule has 7 aliphatic heterocycles. The smallest absolute Gasteiger partial charge is 0.412 e. The van der Waals surface area contributed by atoms with Gasteiger partial charge in [-0.2, -0.15) is 0 Å². The zero-order valence-corrected chi connectivity index (χ0v) is 90.8. The number of nitrogens with zero attached hydrogens (tertiary/aromatic N) is 4. The number of ether oxygens (including phenoxy) is 8. The third-order valence-electron chi connectivity index (χ3n) is 30.9. The van der Waals surface area contributed by atoms with Crippen LogP contribution in [0.5, 0.6) is 0 Å². The van der Waals surface area contributed by atoms with Crippen LogP contribution in [-0.4, -0.2) is 199 Å². The fourth-order valence-corrected chi connectivity index (χ4v) is 29.5. The monoisotopic (exact) mass is 2220 g/mol. The normalized spacial score (nSPS) is 26.2. The highest BCUT2D eigenvalue weighted by molar-refractivity contribution is 14.1. The molecule has 0 bridgehead atoms. The van der Waals surface area contributed by atoms with E-state index in [4.69, 9.17) is 37.9 Å². The van der Waals surface area contributed by atoms with Gasteiger partial charge in [0.1, 0.15) is 30.8 Å². The Balaban J connectivity index is 0.000000144. The lowest BCUT2D eigenvalue weighted by molar-refractivity contribution is -0.138. The Labute approximate surface area is 867 Å². The van der Waals surface area contributed by atoms with E-state index in [9.17, 15) is 43.2 Å². The molecule has 139 heavy (non-hydrogen) atoms. The Hall–Kier alpha value is -7.32. The summed E-state index contributed by atoms with van der Waals surface area (Å²) in [5.74, 6) is 6.43. The summed E-state index contributed by atoms with van der Waals surface area (Å²) in [5.41, 5.74) is 13.6. The van der Waals surface area contributed by atoms with E-state index in [0.29, 0.717) is 135 Å². The average Bonchev–Trinajstić information content (AvgIpc) is 1.66. The van der Waals surface area contributed by atoms with Gasteiger partial charge in [0.2, 0.25) is 17.7 Å². The van der Waals surface area contributed by atoms with Crippen molar-refractivity contribution < 1.29 is 81.0 Å². The second kappa shape index (κ2) is 49.5. The van der Waals surface area contributed by atoms with Gasteiger partial charge in [-0.3, -0.25) is 24.5 Å². The molecule has 5 aromatic heterocycles. The van der Waals surface area contributed by atoms with Crippen LogP contribution in [0.3, 0.4) is 0 Å². The molecule has 4 aliphatic carbocycles. The van der Waals surface area contributed by atoms with Crippen molar-refractivity contribution in [1.82, 2.24) is 25.0 Å². The molecule has 18 rings (SSSR count). The first-order valence-corrected chi connectivity index (χ1v) is 56.7. The van der Waals surface area contributed by atoms with Crippen LogP contribution in [0, 0.1) is 82.7 Å². The van der Waals surface area contributed by atoms with Crippen molar-refractivity contribution >= 4 is 178 Å². The number of carbonyl (C=O) groups is 9. The molecule has 4 saturated carbocycles. The topological polar surface area (TPSA) is 286 Å². The Kier molecular flexibility index (Phi) is 37.7. The lowest BCUT2D eigenvalue weighted by Gasteiger charge is -2.44. The second-order valence-electron chi connectivity index (χ2n) is 41.2. The summed E-state index contributed by atoms with van der Waals surface area (Å²) in [6, 6.07) is 23.7. The fraction of sp³-hybridized carbons (Fsp3) is 0.593. The van der Waals surface area contributed by atoms with Crippen molar-refractivity contribution in [2.75, 3.05) is 131 Å². The number of thiazole rings is 1. The number of anilines is 2. The first kappa shape index (κ1) is 106. The van der Waals surface area contributed by atoms with Crippen LogP contribution in [-0.2, 0) is 52.3 Å². The number of piperidine rings is 2. The highest BCUT2D eigenvalue weighted by Gasteiger charge is 2.45. The molecular weight excluding hydrogens is 2080 g/mol. The molecule has 752 valence electrons. The van der Waals surface area contributed by atoms with Gasteiger partial charge in [0.05, 0.1) is 77.3 Å². The Morgan fingerprint density at radius 2 is 0.863 bits per heavy atom. The number of esters is 4. The number of nitrogens with one attached hydrogen (secondary N) is 3. The number of benzene rings is 2. The van der Waals surface area contributed by atoms with Gasteiger partial charge in [0.25, 0.3) is 5.91 Å². The van der Waals surface area contributed by atoms with Crippen LogP contribution < -0.4 is 16.0 Å². The van der Waals surface area contributed by atoms with Crippen molar-refractivity contribution in [3.8, 4) is 20.9 Å². The number of carbonyl (C=O) groups excluding carboxylic acids is 9. The molecule has 24 nitrogen and oxygen atoms in total. The summed E-state index contributed by atoms with van der Waals surface area (Å²) in [6.45, 7) is 24.4. The number of likely N-dealkylation sites (tertiary alicyclic amines) is 1. The first-order chi connectivity index (χ1) is 67.0. The number of hydrogen-bond acceptors (Lipinski definition) is 24. The lowest BCUT2D eigenvalue weighted by Crippen LogP contribution is -2.47. The van der Waals surface area contributed by atoms with Crippen molar-refractivity contribution in [2.45, 2.75) is 214 Å². The SMILES string of the molecule is COC(=O)c1sc(-c2ccc(NC(=O)OC(C)(C)C)cc2)cc1C1=C(C2CCC(C)CC2)CCN(C(=O)C2CCOC2)C1.COC(=O)c1sc(-c2ccc(NC(=O)c3cscn3)cc2)cc1C1=C(C2CCC(C)CC2)CCN(C(=O)C2CCOC2)C1.COC(=O)c1sc(I)cc1C1CN(C(=O)C2CCOC2)CCC1C1CCC(C)CC1.COC(=O)c1sc(I)cc1C1CNCCC1C1CCC(C)CC1. The molecule has 5 amide bonds. The standard InChI is InChI=1S/C34H44N2O6S.C33H37N3O5S2.C23H32INO4S.C18H26INO2S/c1-21-6-8-22(9-7-21)26-14-16-36(31(37)24-15-17-41-20-24)19-28(26)27-18-29(43-30(27)32(38)40-5)23-10-12-25(13-11-23)35-33(39)42-34(2,3)4;1-20-3-5-21(6-4-20)25-11-13-36(32(38)23-12-14-41-17-23)16-27(25)26-15-29(43-30(26)33(39)40-2)22-7-9-24(10-8-22)35-31(37)28-18-42-19-34-28;1-14-3-5-15(6-4-14)17-7-9-25(22(26)16-8-10-29-13-16)12-19(17)18-11-20(24)30-21(18)23(27)28-2;1-11-3-5-12(6-4-11)13-7-8-20-10-15(13)14-9-16(19)23-17(14)18(21)22-2/h10-13,18,21-22,24H,6-9,14-17,19-20H2,1-5H3,(H,35,39);7-10,15,18-21,23H,3-6,11-14,16-17H2,1-2H3,(H,35,37);11,14-17,19H,3-10,12-13H2,1-2H3;9,11-13,15,20H,3-8,10H2,1-2H3. The number of aromatic nitrogens is 1. The lowest BCUT2D eigenvalue weighted by atomic mass is 9.67. The molecule has 0 spiro atoms. The van der Waals surface area contributed by atoms with Gasteiger partial charge < -0.3 is 63.2 Å². The van der Waals surface area contributed by atoms with E-state index in [1.165, 1.54) is 177 Å². The van der Waals surface area contributed by atoms with Crippen molar-refractivity contribution in [1.29, 1.82) is 0 Å². The summed E-state index contributed by atoms with van der Waals surface area (Å²) in [4.78, 5) is 130. The second-order valence-corrected chi connectivity index (χ2v) is 49.9. The van der Waals surface area contributed by atoms with E-state index in [0.717, 1.165) is 175 Å². The van der Waals surface area contributed by atoms with Crippen LogP contribution in [0.2, 0.25) is 0 Å². The molecule has 7 atom stereocenters. The zero-order chi connectivity index (χ0) is 98.3. The summed E-state index contributed by atoms with van der Waals surface area (Å²) in [7, 11) is 5.77. The quantitative estimate of drug-likeness (QED) is 0.0363. The highest BCUT2D eigenvalue weighted by atomic mass is 127. The molecule has 0 radical (unpaired) electrons. The summed E-state index contributed by atoms with van der Waals surface area (Å²) >= 11 is 11.9. The number of amides is 5. The molecule has 7 unspecified atom stereocenters. The molecule has 12 heterocycles. The van der Waals surface area contributed by atoms with Gasteiger partial charge in [-0.25, -0.2) is 29.0 Å². The first-order valence-electron chi connectivity index (χ1n) is 50.3. The van der Waals surface area contributed by atoms with Gasteiger partial charge in [-0.15, -0.1) is 56.7 Å². The van der Waals surface area contributed by atoms with E-state index in [-0.39, 0.29) is 71.2 Å². The van der Waals surface area contributed by atoms with E-state index >= 15 is 0 Å². The Bertz CT molecular complexity index is 5450. The van der Waals surface area contributed by atoms with Crippen LogP contribution in [0.4, 0.5) is 16.2 Å². The van der Waals surface area contributed by atoms with E-state index in [1.54, 1.807) is 22.2 Å². The summed E-state index contributed by atoms with van der Waals surface area (Å²) < 4.78 is 44.8. The maximum Gasteiger partial charge on any atom is 0.412 e. The van der Waals surface area contributed by atoms with Crippen LogP contribution in [0.1, 0.15) is 279 Å². The molecule has 9 fully saturated rings. The molecule has 2 aromatic carbocycles. The molecule has 3 N–H and O–H groups in total. The molecule has 31 heteroatoms. The maximum absolute atomic E-state index is 13.5. The van der Waals surface area contributed by atoms with Crippen molar-refractivity contribution in [2.24, 2.45) is 76.9 Å². The third kappa shape index (κ3) is 26.9. The molecule has 7 aromatic rings. The third-order valence-corrected chi connectivity index (χ3v) is 37.6. The highest BCUT2D eigenvalue weighted by Crippen LogP contribution is 2.52. The number of thiophene rings is 4. The predicted octanol–water partition coefficient (Wildman–Crippen LogP) is 23.7. The van der Waals surface area contributed by atoms with Gasteiger partial charge >= 0.3 is 30.0 Å². The zero-order valence-electron chi connectivity index (χ0n) is 82.4. The molecule has 5 saturated heterocycles. The van der Waals surface area contributed by atoms with Gasteiger partial charge in [-0.1, -0.05) is 114 Å². The summed E-state index contributed by atoms with van der Waals surface area (Å²) in [5, 5.41) is 10.9. The van der Waals surface area contributed by atoms with E-state index < -0.39 is 11.7 Å². The number of hydrogen-bond donors (Lipinski definition) is 3.